The first kappa shape index (κ1) is 18.7. The number of carbonyl (C=O) groups excluding carboxylic acids is 1. The van der Waals surface area contributed by atoms with Gasteiger partial charge in [0.15, 0.2) is 0 Å². The highest BCUT2D eigenvalue weighted by Crippen LogP contribution is 2.22. The molecule has 0 radical (unpaired) electrons. The number of benzene rings is 1. The van der Waals surface area contributed by atoms with Gasteiger partial charge in [0.2, 0.25) is 0 Å². The number of hydrogen-bond donors (Lipinski definition) is 1. The number of aromatic nitrogens is 2. The van der Waals surface area contributed by atoms with Crippen LogP contribution >= 0.6 is 11.8 Å². The van der Waals surface area contributed by atoms with Crippen molar-refractivity contribution < 1.29 is 14.6 Å². The molecule has 0 aliphatic carbocycles. The molecule has 6 nitrogen and oxygen atoms in total. The summed E-state index contributed by atoms with van der Waals surface area (Å²) in [6, 6.07) is 7.82. The van der Waals surface area contributed by atoms with Crippen LogP contribution < -0.4 is 4.74 Å². The van der Waals surface area contributed by atoms with E-state index in [1.807, 2.05) is 30.5 Å². The van der Waals surface area contributed by atoms with Gasteiger partial charge in [0.25, 0.3) is 5.91 Å². The fourth-order valence-electron chi connectivity index (χ4n) is 2.93. The third-order valence-electron chi connectivity index (χ3n) is 4.42. The summed E-state index contributed by atoms with van der Waals surface area (Å²) in [4.78, 5) is 23.1. The summed E-state index contributed by atoms with van der Waals surface area (Å²) in [6.45, 7) is 0.899. The number of rotatable bonds is 7. The van der Waals surface area contributed by atoms with Crippen LogP contribution in [0, 0.1) is 0 Å². The largest absolute Gasteiger partial charge is 0.497 e. The summed E-state index contributed by atoms with van der Waals surface area (Å²) in [5, 5.41) is 10.0. The molecular weight excluding hydrogens is 350 g/mol. The van der Waals surface area contributed by atoms with Gasteiger partial charge in [0.05, 0.1) is 19.3 Å². The standard InChI is InChI=1S/C19H23N3O3S/c1-25-15-5-3-13(4-6-15)9-18-20-10-14-11-22(12-16(14)21-18)19(24)17(23)7-8-26-2/h3-6,10,17,23H,7-9,11-12H2,1-2H3/t17-/m1/s1. The average Bonchev–Trinajstić information content (AvgIpc) is 3.09. The summed E-state index contributed by atoms with van der Waals surface area (Å²) in [7, 11) is 1.64. The van der Waals surface area contributed by atoms with Crippen molar-refractivity contribution in [2.75, 3.05) is 19.1 Å². The van der Waals surface area contributed by atoms with E-state index >= 15 is 0 Å². The van der Waals surface area contributed by atoms with Gasteiger partial charge in [-0.05, 0) is 36.1 Å². The summed E-state index contributed by atoms with van der Waals surface area (Å²) in [5.74, 6) is 2.08. The van der Waals surface area contributed by atoms with Gasteiger partial charge in [0, 0.05) is 24.7 Å². The van der Waals surface area contributed by atoms with E-state index in [4.69, 9.17) is 4.74 Å². The Labute approximate surface area is 157 Å². The van der Waals surface area contributed by atoms with Crippen molar-refractivity contribution in [2.45, 2.75) is 32.0 Å². The molecule has 0 saturated carbocycles. The van der Waals surface area contributed by atoms with Crippen molar-refractivity contribution in [1.82, 2.24) is 14.9 Å². The molecule has 2 aromatic rings. The third kappa shape index (κ3) is 4.34. The summed E-state index contributed by atoms with van der Waals surface area (Å²) in [5.41, 5.74) is 2.92. The first-order valence-corrected chi connectivity index (χ1v) is 9.92. The van der Waals surface area contributed by atoms with Gasteiger partial charge >= 0.3 is 0 Å². The van der Waals surface area contributed by atoms with Crippen molar-refractivity contribution in [3.8, 4) is 5.75 Å². The number of methoxy groups -OCH3 is 1. The first-order chi connectivity index (χ1) is 12.6. The molecule has 1 aromatic carbocycles. The molecule has 26 heavy (non-hydrogen) atoms. The van der Waals surface area contributed by atoms with Crippen LogP contribution in [0.4, 0.5) is 0 Å². The number of nitrogens with zero attached hydrogens (tertiary/aromatic N) is 3. The van der Waals surface area contributed by atoms with E-state index < -0.39 is 6.10 Å². The first-order valence-electron chi connectivity index (χ1n) is 8.53. The number of hydrogen-bond acceptors (Lipinski definition) is 6. The van der Waals surface area contributed by atoms with Gasteiger partial charge in [0.1, 0.15) is 17.7 Å². The molecule has 1 aliphatic rings. The number of amides is 1. The molecule has 0 spiro atoms. The maximum absolute atomic E-state index is 12.4. The lowest BCUT2D eigenvalue weighted by atomic mass is 10.1. The van der Waals surface area contributed by atoms with Crippen molar-refractivity contribution >= 4 is 17.7 Å². The summed E-state index contributed by atoms with van der Waals surface area (Å²) in [6.07, 6.45) is 3.91. The molecule has 1 aromatic heterocycles. The molecule has 0 fully saturated rings. The van der Waals surface area contributed by atoms with E-state index in [0.717, 1.165) is 34.1 Å². The second-order valence-corrected chi connectivity index (χ2v) is 7.26. The van der Waals surface area contributed by atoms with E-state index in [1.165, 1.54) is 0 Å². The Morgan fingerprint density at radius 3 is 2.81 bits per heavy atom. The predicted molar refractivity (Wildman–Crippen MR) is 101 cm³/mol. The zero-order valence-corrected chi connectivity index (χ0v) is 15.8. The predicted octanol–water partition coefficient (Wildman–Crippen LogP) is 2.03. The maximum atomic E-state index is 12.4. The van der Waals surface area contributed by atoms with Crippen LogP contribution in [0.15, 0.2) is 30.5 Å². The van der Waals surface area contributed by atoms with Crippen LogP contribution in [0.25, 0.3) is 0 Å². The molecule has 3 rings (SSSR count). The molecule has 1 aliphatic heterocycles. The topological polar surface area (TPSA) is 75.6 Å². The molecule has 138 valence electrons. The Balaban J connectivity index is 1.65. The van der Waals surface area contributed by atoms with E-state index in [1.54, 1.807) is 30.0 Å². The normalized spacial score (nSPS) is 14.2. The lowest BCUT2D eigenvalue weighted by Crippen LogP contribution is -2.35. The van der Waals surface area contributed by atoms with E-state index in [0.29, 0.717) is 25.9 Å². The number of ether oxygens (including phenoxy) is 1. The Morgan fingerprint density at radius 2 is 2.12 bits per heavy atom. The minimum atomic E-state index is -0.941. The number of aliphatic hydroxyl groups excluding tert-OH is 1. The summed E-state index contributed by atoms with van der Waals surface area (Å²) < 4.78 is 5.17. The fourth-order valence-corrected chi connectivity index (χ4v) is 3.38. The van der Waals surface area contributed by atoms with Crippen molar-refractivity contribution in [2.24, 2.45) is 0 Å². The highest BCUT2D eigenvalue weighted by atomic mass is 32.2. The Hall–Kier alpha value is -2.12. The molecule has 1 N–H and O–H groups in total. The molecule has 0 saturated heterocycles. The average molecular weight is 373 g/mol. The molecule has 0 bridgehead atoms. The van der Waals surface area contributed by atoms with Crippen LogP contribution in [0.2, 0.25) is 0 Å². The summed E-state index contributed by atoms with van der Waals surface area (Å²) >= 11 is 1.62. The lowest BCUT2D eigenvalue weighted by molar-refractivity contribution is -0.140. The van der Waals surface area contributed by atoms with Gasteiger partial charge in [-0.2, -0.15) is 11.8 Å². The minimum Gasteiger partial charge on any atom is -0.497 e. The molecular formula is C19H23N3O3S. The molecule has 1 amide bonds. The Kier molecular flexibility index (Phi) is 6.11. The van der Waals surface area contributed by atoms with Gasteiger partial charge in [-0.25, -0.2) is 9.97 Å². The van der Waals surface area contributed by atoms with E-state index in [2.05, 4.69) is 9.97 Å². The number of fused-ring (bicyclic) bond motifs is 1. The van der Waals surface area contributed by atoms with Crippen molar-refractivity contribution in [1.29, 1.82) is 0 Å². The smallest absolute Gasteiger partial charge is 0.252 e. The van der Waals surface area contributed by atoms with Crippen molar-refractivity contribution in [3.05, 3.63) is 53.1 Å². The number of aliphatic hydroxyl groups is 1. The van der Waals surface area contributed by atoms with Gasteiger partial charge in [-0.3, -0.25) is 4.79 Å². The van der Waals surface area contributed by atoms with Gasteiger partial charge in [-0.15, -0.1) is 0 Å². The van der Waals surface area contributed by atoms with Crippen molar-refractivity contribution in [3.63, 3.8) is 0 Å². The van der Waals surface area contributed by atoms with Crippen LogP contribution in [0.5, 0.6) is 5.75 Å². The molecule has 1 atom stereocenters. The highest BCUT2D eigenvalue weighted by Gasteiger charge is 2.29. The van der Waals surface area contributed by atoms with Crippen LogP contribution in [-0.2, 0) is 24.3 Å². The fraction of sp³-hybridized carbons (Fsp3) is 0.421. The van der Waals surface area contributed by atoms with E-state index in [-0.39, 0.29) is 5.91 Å². The monoisotopic (exact) mass is 373 g/mol. The van der Waals surface area contributed by atoms with E-state index in [9.17, 15) is 9.90 Å². The second-order valence-electron chi connectivity index (χ2n) is 6.27. The second kappa shape index (κ2) is 8.51. The molecule has 2 heterocycles. The van der Waals surface area contributed by atoms with Crippen LogP contribution in [0.1, 0.15) is 29.1 Å². The van der Waals surface area contributed by atoms with Gasteiger partial charge < -0.3 is 14.7 Å². The zero-order valence-electron chi connectivity index (χ0n) is 15.0. The molecule has 0 unspecified atom stereocenters. The minimum absolute atomic E-state index is 0.228. The lowest BCUT2D eigenvalue weighted by Gasteiger charge is -2.18. The zero-order chi connectivity index (χ0) is 18.5. The van der Waals surface area contributed by atoms with Gasteiger partial charge in [-0.1, -0.05) is 12.1 Å². The molecule has 7 heteroatoms. The number of carbonyl (C=O) groups is 1. The maximum Gasteiger partial charge on any atom is 0.252 e. The Morgan fingerprint density at radius 1 is 1.35 bits per heavy atom. The quantitative estimate of drug-likeness (QED) is 0.800. The highest BCUT2D eigenvalue weighted by molar-refractivity contribution is 7.98. The van der Waals surface area contributed by atoms with Crippen LogP contribution in [0.3, 0.4) is 0 Å². The SMILES string of the molecule is COc1ccc(Cc2ncc3c(n2)CN(C(=O)[C@H](O)CCSC)C3)cc1. The van der Waals surface area contributed by atoms with Crippen LogP contribution in [-0.4, -0.2) is 51.1 Å². The number of thioether (sulfide) groups is 1. The third-order valence-corrected chi connectivity index (χ3v) is 5.06. The Bertz CT molecular complexity index is 767.